The molecule has 23 heavy (non-hydrogen) atoms. The molecule has 1 saturated heterocycles. The number of hydrogen-bond donors (Lipinski definition) is 1. The molecule has 0 bridgehead atoms. The highest BCUT2D eigenvalue weighted by Gasteiger charge is 2.32. The summed E-state index contributed by atoms with van der Waals surface area (Å²) in [5.74, 6) is 0.278. The molecule has 0 aromatic carbocycles. The summed E-state index contributed by atoms with van der Waals surface area (Å²) in [6.07, 6.45) is 4.73. The zero-order valence-electron chi connectivity index (χ0n) is 13.3. The van der Waals surface area contributed by atoms with Gasteiger partial charge in [-0.3, -0.25) is 9.48 Å². The van der Waals surface area contributed by atoms with Gasteiger partial charge in [0.25, 0.3) is 0 Å². The van der Waals surface area contributed by atoms with Crippen LogP contribution in [0.4, 0.5) is 0 Å². The van der Waals surface area contributed by atoms with Gasteiger partial charge in [0.2, 0.25) is 5.91 Å². The number of β-amino-alcohol motifs (C(OH)–C–C–N with tert-alkyl or cyclic N) is 1. The minimum Gasteiger partial charge on any atom is -0.391 e. The quantitative estimate of drug-likeness (QED) is 0.905. The van der Waals surface area contributed by atoms with Crippen LogP contribution in [0.5, 0.6) is 0 Å². The fourth-order valence-electron chi connectivity index (χ4n) is 3.13. The fraction of sp³-hybridized carbons (Fsp3) is 0.562. The molecular weight excluding hydrogens is 312 g/mol. The molecule has 0 unspecified atom stereocenters. The molecule has 1 aliphatic heterocycles. The number of rotatable bonds is 5. The molecule has 124 valence electrons. The van der Waals surface area contributed by atoms with Crippen molar-refractivity contribution in [1.82, 2.24) is 19.7 Å². The molecule has 2 atom stereocenters. The van der Waals surface area contributed by atoms with E-state index in [4.69, 9.17) is 0 Å². The minimum absolute atomic E-state index is 0.116. The van der Waals surface area contributed by atoms with Crippen LogP contribution in [0.3, 0.4) is 0 Å². The first-order valence-corrected chi connectivity index (χ1v) is 8.85. The van der Waals surface area contributed by atoms with Crippen molar-refractivity contribution in [3.8, 4) is 0 Å². The first kappa shape index (κ1) is 16.1. The number of piperidine rings is 1. The topological polar surface area (TPSA) is 71.2 Å². The second-order valence-electron chi connectivity index (χ2n) is 6.03. The van der Waals surface area contributed by atoms with E-state index in [-0.39, 0.29) is 11.8 Å². The van der Waals surface area contributed by atoms with Crippen LogP contribution in [0, 0.1) is 6.92 Å². The molecule has 3 heterocycles. The maximum Gasteiger partial charge on any atom is 0.222 e. The maximum atomic E-state index is 12.3. The van der Waals surface area contributed by atoms with Crippen molar-refractivity contribution >= 4 is 17.2 Å². The summed E-state index contributed by atoms with van der Waals surface area (Å²) in [5.41, 5.74) is 1.24. The molecule has 2 aromatic heterocycles. The Labute approximate surface area is 139 Å². The SMILES string of the molecule is Cc1ccsc1[C@@H]1CCN(C(=O)CCCn2cncn2)C[C@H]1O. The van der Waals surface area contributed by atoms with Crippen molar-refractivity contribution in [2.24, 2.45) is 0 Å². The molecule has 0 radical (unpaired) electrons. The molecule has 0 saturated carbocycles. The monoisotopic (exact) mass is 334 g/mol. The van der Waals surface area contributed by atoms with Gasteiger partial charge in [0.05, 0.1) is 6.10 Å². The first-order chi connectivity index (χ1) is 11.1. The summed E-state index contributed by atoms with van der Waals surface area (Å²) in [7, 11) is 0. The number of likely N-dealkylation sites (tertiary alicyclic amines) is 1. The van der Waals surface area contributed by atoms with Gasteiger partial charge >= 0.3 is 0 Å². The first-order valence-electron chi connectivity index (χ1n) is 7.97. The van der Waals surface area contributed by atoms with Crippen molar-refractivity contribution < 1.29 is 9.90 Å². The molecule has 1 aliphatic rings. The Morgan fingerprint density at radius 2 is 2.39 bits per heavy atom. The number of nitrogens with zero attached hydrogens (tertiary/aromatic N) is 4. The summed E-state index contributed by atoms with van der Waals surface area (Å²) >= 11 is 1.70. The number of amides is 1. The highest BCUT2D eigenvalue weighted by atomic mass is 32.1. The molecular formula is C16H22N4O2S. The number of aryl methyl sites for hydroxylation is 2. The van der Waals surface area contributed by atoms with E-state index in [9.17, 15) is 9.90 Å². The average Bonchev–Trinajstić information content (AvgIpc) is 3.19. The van der Waals surface area contributed by atoms with Crippen LogP contribution in [-0.2, 0) is 11.3 Å². The molecule has 2 aromatic rings. The third-order valence-electron chi connectivity index (χ3n) is 4.42. The van der Waals surface area contributed by atoms with Crippen molar-refractivity contribution in [3.63, 3.8) is 0 Å². The normalized spacial score (nSPS) is 21.6. The van der Waals surface area contributed by atoms with Gasteiger partial charge in [-0.2, -0.15) is 5.10 Å². The van der Waals surface area contributed by atoms with E-state index in [2.05, 4.69) is 28.5 Å². The van der Waals surface area contributed by atoms with Crippen molar-refractivity contribution in [3.05, 3.63) is 34.5 Å². The lowest BCUT2D eigenvalue weighted by atomic mass is 9.90. The fourth-order valence-corrected chi connectivity index (χ4v) is 4.25. The van der Waals surface area contributed by atoms with Gasteiger partial charge in [-0.1, -0.05) is 0 Å². The second kappa shape index (κ2) is 7.23. The van der Waals surface area contributed by atoms with Crippen molar-refractivity contribution in [2.75, 3.05) is 13.1 Å². The number of aromatic nitrogens is 3. The van der Waals surface area contributed by atoms with E-state index in [1.54, 1.807) is 27.2 Å². The van der Waals surface area contributed by atoms with Crippen LogP contribution < -0.4 is 0 Å². The molecule has 1 N–H and O–H groups in total. The van der Waals surface area contributed by atoms with Crippen LogP contribution in [-0.4, -0.2) is 49.9 Å². The van der Waals surface area contributed by atoms with Gasteiger partial charge in [0, 0.05) is 36.9 Å². The van der Waals surface area contributed by atoms with Gasteiger partial charge in [0.15, 0.2) is 0 Å². The van der Waals surface area contributed by atoms with Crippen LogP contribution in [0.25, 0.3) is 0 Å². The largest absolute Gasteiger partial charge is 0.391 e. The number of carbonyl (C=O) groups excluding carboxylic acids is 1. The van der Waals surface area contributed by atoms with Crippen LogP contribution in [0.1, 0.15) is 35.6 Å². The molecule has 3 rings (SSSR count). The Morgan fingerprint density at radius 3 is 3.04 bits per heavy atom. The highest BCUT2D eigenvalue weighted by molar-refractivity contribution is 7.10. The second-order valence-corrected chi connectivity index (χ2v) is 6.98. The van der Waals surface area contributed by atoms with Crippen molar-refractivity contribution in [1.29, 1.82) is 0 Å². The van der Waals surface area contributed by atoms with Gasteiger partial charge in [-0.25, -0.2) is 4.98 Å². The average molecular weight is 334 g/mol. The van der Waals surface area contributed by atoms with E-state index >= 15 is 0 Å². The van der Waals surface area contributed by atoms with E-state index in [0.29, 0.717) is 19.5 Å². The lowest BCUT2D eigenvalue weighted by molar-refractivity contribution is -0.134. The van der Waals surface area contributed by atoms with E-state index in [0.717, 1.165) is 19.4 Å². The summed E-state index contributed by atoms with van der Waals surface area (Å²) < 4.78 is 1.73. The summed E-state index contributed by atoms with van der Waals surface area (Å²) in [6.45, 7) is 3.94. The predicted octanol–water partition coefficient (Wildman–Crippen LogP) is 1.81. The van der Waals surface area contributed by atoms with E-state index in [1.165, 1.54) is 16.8 Å². The Balaban J connectivity index is 1.49. The minimum atomic E-state index is -0.472. The van der Waals surface area contributed by atoms with Crippen LogP contribution in [0.15, 0.2) is 24.1 Å². The van der Waals surface area contributed by atoms with Gasteiger partial charge in [0.1, 0.15) is 12.7 Å². The molecule has 0 spiro atoms. The molecule has 7 heteroatoms. The van der Waals surface area contributed by atoms with Crippen LogP contribution in [0.2, 0.25) is 0 Å². The predicted molar refractivity (Wildman–Crippen MR) is 88.3 cm³/mol. The van der Waals surface area contributed by atoms with Crippen LogP contribution >= 0.6 is 11.3 Å². The summed E-state index contributed by atoms with van der Waals surface area (Å²) in [6, 6.07) is 2.09. The molecule has 1 amide bonds. The zero-order valence-corrected chi connectivity index (χ0v) is 14.1. The van der Waals surface area contributed by atoms with Gasteiger partial charge in [-0.05, 0) is 36.8 Å². The lowest BCUT2D eigenvalue weighted by Crippen LogP contribution is -2.45. The third-order valence-corrected chi connectivity index (χ3v) is 5.57. The standard InChI is InChI=1S/C16H22N4O2S/c1-12-5-8-23-16(12)13-4-7-19(9-14(13)21)15(22)3-2-6-20-11-17-10-18-20/h5,8,10-11,13-14,21H,2-4,6-7,9H2,1H3/t13-,14-/m1/s1. The van der Waals surface area contributed by atoms with E-state index < -0.39 is 6.10 Å². The summed E-state index contributed by atoms with van der Waals surface area (Å²) in [5, 5.41) is 16.5. The van der Waals surface area contributed by atoms with Crippen molar-refractivity contribution in [2.45, 2.75) is 44.8 Å². The molecule has 6 nitrogen and oxygen atoms in total. The lowest BCUT2D eigenvalue weighted by Gasteiger charge is -2.36. The Morgan fingerprint density at radius 1 is 1.52 bits per heavy atom. The van der Waals surface area contributed by atoms with E-state index in [1.807, 2.05) is 0 Å². The Hall–Kier alpha value is -1.73. The van der Waals surface area contributed by atoms with Gasteiger partial charge in [-0.15, -0.1) is 11.3 Å². The maximum absolute atomic E-state index is 12.3. The number of hydrogen-bond acceptors (Lipinski definition) is 5. The Bertz CT molecular complexity index is 640. The molecule has 1 fully saturated rings. The zero-order chi connectivity index (χ0) is 16.2. The Kier molecular flexibility index (Phi) is 5.07. The smallest absolute Gasteiger partial charge is 0.222 e. The highest BCUT2D eigenvalue weighted by Crippen LogP contribution is 2.34. The molecule has 0 aliphatic carbocycles. The third kappa shape index (κ3) is 3.79. The number of thiophene rings is 1. The summed E-state index contributed by atoms with van der Waals surface area (Å²) in [4.78, 5) is 19.2. The van der Waals surface area contributed by atoms with Gasteiger partial charge < -0.3 is 10.0 Å². The number of aliphatic hydroxyl groups is 1. The number of carbonyl (C=O) groups is 1. The number of aliphatic hydroxyl groups excluding tert-OH is 1.